The zero-order valence-electron chi connectivity index (χ0n) is 12.8. The third kappa shape index (κ3) is 8.24. The summed E-state index contributed by atoms with van der Waals surface area (Å²) in [5.74, 6) is 0. The van der Waals surface area contributed by atoms with Crippen LogP contribution in [0, 0.1) is 0 Å². The summed E-state index contributed by atoms with van der Waals surface area (Å²) in [6, 6.07) is 2.31. The van der Waals surface area contributed by atoms with E-state index in [2.05, 4.69) is 27.7 Å². The first-order valence-corrected chi connectivity index (χ1v) is 9.86. The predicted molar refractivity (Wildman–Crippen MR) is 81.0 cm³/mol. The van der Waals surface area contributed by atoms with Crippen LogP contribution in [0.25, 0.3) is 0 Å². The van der Waals surface area contributed by atoms with E-state index in [0.717, 1.165) is 44.6 Å². The molecule has 0 fully saturated rings. The molecule has 0 aromatic carbocycles. The van der Waals surface area contributed by atoms with Gasteiger partial charge in [0.2, 0.25) is 0 Å². The van der Waals surface area contributed by atoms with Crippen molar-refractivity contribution in [2.75, 3.05) is 13.2 Å². The molecule has 18 heavy (non-hydrogen) atoms. The Hall–Kier alpha value is 0.0969. The first-order valence-electron chi connectivity index (χ1n) is 7.63. The molecule has 0 spiro atoms. The van der Waals surface area contributed by atoms with Gasteiger partial charge >= 0.3 is 8.56 Å². The van der Waals surface area contributed by atoms with Crippen LogP contribution in [0.2, 0.25) is 12.1 Å². The van der Waals surface area contributed by atoms with E-state index < -0.39 is 8.56 Å². The van der Waals surface area contributed by atoms with E-state index in [1.54, 1.807) is 0 Å². The van der Waals surface area contributed by atoms with Gasteiger partial charge in [0.1, 0.15) is 0 Å². The van der Waals surface area contributed by atoms with Gasteiger partial charge < -0.3 is 14.6 Å². The Morgan fingerprint density at radius 2 is 1.50 bits per heavy atom. The Balaban J connectivity index is 4.30. The SMILES string of the molecule is CCCCO[Si](CC)(CCC(C)N)OCCCC. The van der Waals surface area contributed by atoms with Crippen molar-refractivity contribution < 1.29 is 8.85 Å². The number of rotatable bonds is 12. The highest BCUT2D eigenvalue weighted by atomic mass is 28.4. The zero-order valence-corrected chi connectivity index (χ0v) is 13.8. The molecule has 0 bridgehead atoms. The van der Waals surface area contributed by atoms with E-state index in [1.807, 2.05) is 0 Å². The van der Waals surface area contributed by atoms with Crippen LogP contribution in [0.3, 0.4) is 0 Å². The molecule has 1 unspecified atom stereocenters. The number of unbranched alkanes of at least 4 members (excludes halogenated alkanes) is 2. The van der Waals surface area contributed by atoms with Gasteiger partial charge in [0.05, 0.1) is 0 Å². The lowest BCUT2D eigenvalue weighted by atomic mass is 10.3. The van der Waals surface area contributed by atoms with E-state index in [9.17, 15) is 0 Å². The molecule has 0 aromatic rings. The van der Waals surface area contributed by atoms with Crippen molar-refractivity contribution in [1.29, 1.82) is 0 Å². The monoisotopic (exact) mass is 275 g/mol. The molecular formula is C14H33NO2Si. The zero-order chi connectivity index (χ0) is 13.9. The van der Waals surface area contributed by atoms with Gasteiger partial charge in [-0.05, 0) is 38.3 Å². The quantitative estimate of drug-likeness (QED) is 0.435. The van der Waals surface area contributed by atoms with Crippen LogP contribution in [0.5, 0.6) is 0 Å². The van der Waals surface area contributed by atoms with Crippen LogP contribution in [0.4, 0.5) is 0 Å². The fourth-order valence-corrected chi connectivity index (χ4v) is 4.88. The summed E-state index contributed by atoms with van der Waals surface area (Å²) < 4.78 is 12.4. The molecule has 0 saturated heterocycles. The van der Waals surface area contributed by atoms with E-state index in [1.165, 1.54) is 12.8 Å². The predicted octanol–water partition coefficient (Wildman–Crippen LogP) is 3.82. The summed E-state index contributed by atoms with van der Waals surface area (Å²) >= 11 is 0. The standard InChI is InChI=1S/C14H33NO2Si/c1-5-8-11-16-18(7-3,13-10-14(4)15)17-12-9-6-2/h14H,5-13,15H2,1-4H3. The third-order valence-electron chi connectivity index (χ3n) is 3.25. The number of nitrogens with two attached hydrogens (primary N) is 1. The summed E-state index contributed by atoms with van der Waals surface area (Å²) in [5, 5.41) is 0. The summed E-state index contributed by atoms with van der Waals surface area (Å²) in [7, 11) is -1.99. The van der Waals surface area contributed by atoms with Crippen LogP contribution in [-0.2, 0) is 8.85 Å². The first kappa shape index (κ1) is 18.1. The minimum Gasteiger partial charge on any atom is -0.394 e. The summed E-state index contributed by atoms with van der Waals surface area (Å²) in [6.45, 7) is 10.3. The molecule has 4 heteroatoms. The molecular weight excluding hydrogens is 242 g/mol. The first-order chi connectivity index (χ1) is 8.60. The molecule has 0 aliphatic rings. The molecule has 0 radical (unpaired) electrons. The fourth-order valence-electron chi connectivity index (χ4n) is 1.82. The van der Waals surface area contributed by atoms with Gasteiger partial charge in [0.15, 0.2) is 0 Å². The minimum atomic E-state index is -1.99. The average Bonchev–Trinajstić information content (AvgIpc) is 2.36. The van der Waals surface area contributed by atoms with Gasteiger partial charge in [-0.1, -0.05) is 33.6 Å². The summed E-state index contributed by atoms with van der Waals surface area (Å²) in [6.07, 6.45) is 5.62. The lowest BCUT2D eigenvalue weighted by Gasteiger charge is -2.30. The third-order valence-corrected chi connectivity index (χ3v) is 6.83. The minimum absolute atomic E-state index is 0.243. The lowest BCUT2D eigenvalue weighted by molar-refractivity contribution is 0.162. The van der Waals surface area contributed by atoms with Crippen LogP contribution >= 0.6 is 0 Å². The van der Waals surface area contributed by atoms with Crippen molar-refractivity contribution in [2.45, 2.75) is 77.9 Å². The lowest BCUT2D eigenvalue weighted by Crippen LogP contribution is -2.43. The van der Waals surface area contributed by atoms with Crippen molar-refractivity contribution in [1.82, 2.24) is 0 Å². The van der Waals surface area contributed by atoms with Gasteiger partial charge in [0, 0.05) is 19.3 Å². The molecule has 1 atom stereocenters. The van der Waals surface area contributed by atoms with Crippen LogP contribution < -0.4 is 5.73 Å². The largest absolute Gasteiger partial charge is 0.394 e. The van der Waals surface area contributed by atoms with E-state index in [-0.39, 0.29) is 6.04 Å². The molecule has 110 valence electrons. The second-order valence-electron chi connectivity index (χ2n) is 5.18. The second kappa shape index (κ2) is 11.0. The Bertz CT molecular complexity index is 179. The maximum Gasteiger partial charge on any atom is 0.337 e. The molecule has 3 nitrogen and oxygen atoms in total. The number of hydrogen-bond donors (Lipinski definition) is 1. The molecule has 0 rings (SSSR count). The Labute approximate surface area is 115 Å². The molecule has 0 heterocycles. The van der Waals surface area contributed by atoms with Crippen LogP contribution in [-0.4, -0.2) is 27.8 Å². The topological polar surface area (TPSA) is 44.5 Å². The van der Waals surface area contributed by atoms with Gasteiger partial charge in [-0.2, -0.15) is 0 Å². The van der Waals surface area contributed by atoms with E-state index >= 15 is 0 Å². The maximum atomic E-state index is 6.18. The molecule has 0 aliphatic carbocycles. The smallest absolute Gasteiger partial charge is 0.337 e. The van der Waals surface area contributed by atoms with Crippen molar-refractivity contribution in [3.63, 3.8) is 0 Å². The van der Waals surface area contributed by atoms with Gasteiger partial charge in [0.25, 0.3) is 0 Å². The maximum absolute atomic E-state index is 6.18. The molecule has 0 amide bonds. The molecule has 2 N–H and O–H groups in total. The summed E-state index contributed by atoms with van der Waals surface area (Å²) in [5.41, 5.74) is 5.88. The Kier molecular flexibility index (Phi) is 11.0. The highest BCUT2D eigenvalue weighted by molar-refractivity contribution is 6.67. The molecule has 0 aromatic heterocycles. The van der Waals surface area contributed by atoms with E-state index in [0.29, 0.717) is 0 Å². The van der Waals surface area contributed by atoms with Gasteiger partial charge in [-0.15, -0.1) is 0 Å². The van der Waals surface area contributed by atoms with Crippen molar-refractivity contribution in [3.05, 3.63) is 0 Å². The van der Waals surface area contributed by atoms with Crippen LogP contribution in [0.15, 0.2) is 0 Å². The number of hydrogen-bond acceptors (Lipinski definition) is 3. The highest BCUT2D eigenvalue weighted by Crippen LogP contribution is 2.22. The molecule has 0 aliphatic heterocycles. The average molecular weight is 276 g/mol. The normalized spacial score (nSPS) is 13.8. The molecule has 0 saturated carbocycles. The highest BCUT2D eigenvalue weighted by Gasteiger charge is 2.35. The fraction of sp³-hybridized carbons (Fsp3) is 1.00. The summed E-state index contributed by atoms with van der Waals surface area (Å²) in [4.78, 5) is 0. The Morgan fingerprint density at radius 3 is 1.83 bits per heavy atom. The second-order valence-corrected chi connectivity index (χ2v) is 8.79. The van der Waals surface area contributed by atoms with Gasteiger partial charge in [-0.3, -0.25) is 0 Å². The van der Waals surface area contributed by atoms with E-state index in [4.69, 9.17) is 14.6 Å². The Morgan fingerprint density at radius 1 is 1.00 bits per heavy atom. The van der Waals surface area contributed by atoms with Crippen molar-refractivity contribution >= 4 is 8.56 Å². The van der Waals surface area contributed by atoms with Gasteiger partial charge in [-0.25, -0.2) is 0 Å². The van der Waals surface area contributed by atoms with Crippen LogP contribution in [0.1, 0.15) is 59.8 Å². The van der Waals surface area contributed by atoms with Crippen molar-refractivity contribution in [2.24, 2.45) is 5.73 Å². The van der Waals surface area contributed by atoms with Crippen molar-refractivity contribution in [3.8, 4) is 0 Å².